The molecule has 1 saturated heterocycles. The standard InChI is InChI=1S/C13H19O2S.CHF3O3S/c1-14-8-9-15-12-7-10-16(11-12)13-5-3-2-4-6-13;2-1(3,4)8(5,6)7/h2-6,12H,7-11H2,1H3;(H,5,6,7)/q+1;/p-1. The van der Waals surface area contributed by atoms with Crippen molar-refractivity contribution in [2.24, 2.45) is 0 Å². The van der Waals surface area contributed by atoms with Crippen molar-refractivity contribution in [3.63, 3.8) is 0 Å². The second-order valence-electron chi connectivity index (χ2n) is 4.85. The Morgan fingerprint density at radius 1 is 1.25 bits per heavy atom. The highest BCUT2D eigenvalue weighted by molar-refractivity contribution is 7.97. The van der Waals surface area contributed by atoms with Crippen LogP contribution in [0.25, 0.3) is 0 Å². The van der Waals surface area contributed by atoms with Crippen molar-refractivity contribution in [2.75, 3.05) is 31.8 Å². The Morgan fingerprint density at radius 2 is 1.83 bits per heavy atom. The van der Waals surface area contributed by atoms with Crippen LogP contribution in [0.5, 0.6) is 0 Å². The highest BCUT2D eigenvalue weighted by Crippen LogP contribution is 2.24. The third kappa shape index (κ3) is 7.39. The molecular weight excluding hydrogens is 369 g/mol. The largest absolute Gasteiger partial charge is 0.741 e. The zero-order valence-electron chi connectivity index (χ0n) is 13.0. The van der Waals surface area contributed by atoms with Gasteiger partial charge in [-0.05, 0) is 12.1 Å². The summed E-state index contributed by atoms with van der Waals surface area (Å²) in [4.78, 5) is 1.49. The third-order valence-electron chi connectivity index (χ3n) is 3.07. The van der Waals surface area contributed by atoms with Crippen LogP contribution in [-0.2, 0) is 30.5 Å². The molecule has 0 spiro atoms. The number of benzene rings is 1. The number of rotatable bonds is 5. The Kier molecular flexibility index (Phi) is 8.51. The number of alkyl halides is 3. The van der Waals surface area contributed by atoms with Gasteiger partial charge in [0.15, 0.2) is 15.0 Å². The fraction of sp³-hybridized carbons (Fsp3) is 0.571. The molecule has 0 aliphatic carbocycles. The van der Waals surface area contributed by atoms with E-state index >= 15 is 0 Å². The summed E-state index contributed by atoms with van der Waals surface area (Å²) < 4.78 is 69.7. The molecule has 0 amide bonds. The summed E-state index contributed by atoms with van der Waals surface area (Å²) in [6.45, 7) is 1.43. The first-order valence-corrected chi connectivity index (χ1v) is 9.97. The highest BCUT2D eigenvalue weighted by Gasteiger charge is 2.37. The lowest BCUT2D eigenvalue weighted by Gasteiger charge is -2.08. The summed E-state index contributed by atoms with van der Waals surface area (Å²) >= 11 is 0. The van der Waals surface area contributed by atoms with Gasteiger partial charge >= 0.3 is 5.51 Å². The fourth-order valence-electron chi connectivity index (χ4n) is 1.92. The maximum atomic E-state index is 10.7. The molecule has 2 rings (SSSR count). The number of halogens is 3. The Hall–Kier alpha value is -0.810. The van der Waals surface area contributed by atoms with Crippen LogP contribution >= 0.6 is 0 Å². The van der Waals surface area contributed by atoms with Crippen LogP contribution < -0.4 is 0 Å². The lowest BCUT2D eigenvalue weighted by molar-refractivity contribution is -0.0517. The normalized spacial score (nSPS) is 21.2. The van der Waals surface area contributed by atoms with Gasteiger partial charge in [0, 0.05) is 24.4 Å². The van der Waals surface area contributed by atoms with Crippen molar-refractivity contribution >= 4 is 21.0 Å². The quantitative estimate of drug-likeness (QED) is 0.334. The average Bonchev–Trinajstić information content (AvgIpc) is 2.96. The highest BCUT2D eigenvalue weighted by atomic mass is 32.2. The van der Waals surface area contributed by atoms with Crippen LogP contribution in [0.4, 0.5) is 13.2 Å². The van der Waals surface area contributed by atoms with Gasteiger partial charge in [-0.3, -0.25) is 0 Å². The summed E-state index contributed by atoms with van der Waals surface area (Å²) in [5.41, 5.74) is -5.65. The predicted molar refractivity (Wildman–Crippen MR) is 83.8 cm³/mol. The fourth-order valence-corrected chi connectivity index (χ4v) is 4.32. The maximum Gasteiger partial charge on any atom is 0.485 e. The van der Waals surface area contributed by atoms with E-state index in [0.717, 1.165) is 6.61 Å². The van der Waals surface area contributed by atoms with E-state index in [4.69, 9.17) is 22.4 Å². The molecule has 0 aromatic heterocycles. The molecule has 0 saturated carbocycles. The van der Waals surface area contributed by atoms with Gasteiger partial charge in [-0.2, -0.15) is 13.2 Å². The molecule has 5 nitrogen and oxygen atoms in total. The van der Waals surface area contributed by atoms with Gasteiger partial charge in [-0.1, -0.05) is 18.2 Å². The molecular formula is C14H19F3O5S2. The number of hydrogen-bond donors (Lipinski definition) is 0. The maximum absolute atomic E-state index is 10.7. The first-order chi connectivity index (χ1) is 11.1. The monoisotopic (exact) mass is 388 g/mol. The third-order valence-corrected chi connectivity index (χ3v) is 6.08. The molecule has 1 fully saturated rings. The second kappa shape index (κ2) is 9.62. The number of hydrogen-bond acceptors (Lipinski definition) is 5. The zero-order chi connectivity index (χ0) is 18.2. The van der Waals surface area contributed by atoms with Crippen LogP contribution in [0.15, 0.2) is 35.2 Å². The molecule has 1 aliphatic rings. The summed E-state index contributed by atoms with van der Waals surface area (Å²) in [6.07, 6.45) is 1.64. The van der Waals surface area contributed by atoms with E-state index in [1.54, 1.807) is 7.11 Å². The summed E-state index contributed by atoms with van der Waals surface area (Å²) in [5, 5.41) is 0. The Labute approximate surface area is 142 Å². The van der Waals surface area contributed by atoms with E-state index in [2.05, 4.69) is 30.3 Å². The second-order valence-corrected chi connectivity index (χ2v) is 8.42. The van der Waals surface area contributed by atoms with E-state index in [-0.39, 0.29) is 0 Å². The van der Waals surface area contributed by atoms with E-state index < -0.39 is 15.6 Å². The Bertz CT molecular complexity index is 578. The number of ether oxygens (including phenoxy) is 2. The van der Waals surface area contributed by atoms with Crippen molar-refractivity contribution < 1.29 is 35.6 Å². The minimum Gasteiger partial charge on any atom is -0.741 e. The topological polar surface area (TPSA) is 75.7 Å². The summed E-state index contributed by atoms with van der Waals surface area (Å²) in [6, 6.07) is 10.8. The van der Waals surface area contributed by atoms with Crippen molar-refractivity contribution in [3.05, 3.63) is 30.3 Å². The van der Waals surface area contributed by atoms with Gasteiger partial charge < -0.3 is 14.0 Å². The molecule has 1 aliphatic heterocycles. The van der Waals surface area contributed by atoms with Crippen molar-refractivity contribution in [1.29, 1.82) is 0 Å². The van der Waals surface area contributed by atoms with E-state index in [0.29, 0.717) is 23.6 Å². The molecule has 10 heteroatoms. The Morgan fingerprint density at radius 3 is 2.33 bits per heavy atom. The van der Waals surface area contributed by atoms with Gasteiger partial charge in [0.1, 0.15) is 17.6 Å². The zero-order valence-corrected chi connectivity index (χ0v) is 14.6. The van der Waals surface area contributed by atoms with Crippen LogP contribution in [0, 0.1) is 0 Å². The van der Waals surface area contributed by atoms with Crippen molar-refractivity contribution in [1.82, 2.24) is 0 Å². The average molecular weight is 388 g/mol. The van der Waals surface area contributed by atoms with Gasteiger partial charge in [-0.15, -0.1) is 0 Å². The predicted octanol–water partition coefficient (Wildman–Crippen LogP) is 2.15. The first-order valence-electron chi connectivity index (χ1n) is 7.00. The lowest BCUT2D eigenvalue weighted by Crippen LogP contribution is -2.21. The minimum atomic E-state index is -6.09. The van der Waals surface area contributed by atoms with Crippen LogP contribution in [0.3, 0.4) is 0 Å². The van der Waals surface area contributed by atoms with Crippen molar-refractivity contribution in [2.45, 2.75) is 22.9 Å². The van der Waals surface area contributed by atoms with E-state index in [1.807, 2.05) is 0 Å². The molecule has 0 radical (unpaired) electrons. The molecule has 1 heterocycles. The summed E-state index contributed by atoms with van der Waals surface area (Å²) in [7, 11) is -3.97. The molecule has 0 N–H and O–H groups in total. The lowest BCUT2D eigenvalue weighted by atomic mass is 10.3. The van der Waals surface area contributed by atoms with Crippen LogP contribution in [0.1, 0.15) is 6.42 Å². The van der Waals surface area contributed by atoms with E-state index in [9.17, 15) is 13.2 Å². The molecule has 138 valence electrons. The SMILES string of the molecule is COCCOC1CC[S+](c2ccccc2)C1.O=S(=O)([O-])C(F)(F)F. The molecule has 1 aromatic rings. The molecule has 2 atom stereocenters. The molecule has 2 unspecified atom stereocenters. The summed E-state index contributed by atoms with van der Waals surface area (Å²) in [5.74, 6) is 2.47. The first kappa shape index (κ1) is 21.2. The minimum absolute atomic E-state index is 0.408. The molecule has 0 bridgehead atoms. The molecule has 1 aromatic carbocycles. The number of methoxy groups -OCH3 is 1. The van der Waals surface area contributed by atoms with Gasteiger partial charge in [0.05, 0.1) is 13.2 Å². The Balaban J connectivity index is 0.000000307. The van der Waals surface area contributed by atoms with Gasteiger partial charge in [0.2, 0.25) is 0 Å². The van der Waals surface area contributed by atoms with Crippen molar-refractivity contribution in [3.8, 4) is 0 Å². The molecule has 24 heavy (non-hydrogen) atoms. The van der Waals surface area contributed by atoms with E-state index in [1.165, 1.54) is 22.8 Å². The van der Waals surface area contributed by atoms with Crippen LogP contribution in [-0.4, -0.2) is 56.4 Å². The smallest absolute Gasteiger partial charge is 0.485 e. The van der Waals surface area contributed by atoms with Gasteiger partial charge in [-0.25, -0.2) is 8.42 Å². The van der Waals surface area contributed by atoms with Gasteiger partial charge in [0.25, 0.3) is 0 Å². The van der Waals surface area contributed by atoms with Crippen LogP contribution in [0.2, 0.25) is 0 Å².